The van der Waals surface area contributed by atoms with Gasteiger partial charge in [-0.15, -0.1) is 0 Å². The smallest absolute Gasteiger partial charge is 0.340 e. The number of carbonyl (C=O) groups excluding carboxylic acids is 1. The second-order valence-corrected chi connectivity index (χ2v) is 8.68. The van der Waals surface area contributed by atoms with Crippen LogP contribution in [0.4, 0.5) is 11.4 Å². The topological polar surface area (TPSA) is 72.5 Å². The second kappa shape index (κ2) is 9.39. The molecule has 1 N–H and O–H groups in total. The summed E-state index contributed by atoms with van der Waals surface area (Å²) in [4.78, 5) is 12.9. The molecule has 3 aromatic carbocycles. The monoisotopic (exact) mass is 409 g/mol. The van der Waals surface area contributed by atoms with Crippen molar-refractivity contribution in [3.63, 3.8) is 0 Å². The third kappa shape index (κ3) is 5.45. The Labute approximate surface area is 171 Å². The third-order valence-electron chi connectivity index (χ3n) is 4.33. The molecule has 150 valence electrons. The summed E-state index contributed by atoms with van der Waals surface area (Å²) in [5.74, 6) is -0.335. The summed E-state index contributed by atoms with van der Waals surface area (Å²) in [6.45, 7) is 1.89. The van der Waals surface area contributed by atoms with Gasteiger partial charge >= 0.3 is 5.97 Å². The first kappa shape index (κ1) is 20.6. The van der Waals surface area contributed by atoms with Gasteiger partial charge in [-0.3, -0.25) is 0 Å². The molecule has 5 nitrogen and oxygen atoms in total. The van der Waals surface area contributed by atoms with Crippen LogP contribution in [-0.4, -0.2) is 20.1 Å². The molecule has 0 bridgehead atoms. The van der Waals surface area contributed by atoms with Crippen molar-refractivity contribution < 1.29 is 17.9 Å². The van der Waals surface area contributed by atoms with Crippen LogP contribution in [-0.2, 0) is 21.2 Å². The number of anilines is 2. The number of para-hydroxylation sites is 2. The van der Waals surface area contributed by atoms with Gasteiger partial charge in [-0.05, 0) is 48.4 Å². The van der Waals surface area contributed by atoms with E-state index in [4.69, 9.17) is 4.74 Å². The number of hydrogen-bond acceptors (Lipinski definition) is 5. The normalized spacial score (nSPS) is 11.1. The average Bonchev–Trinajstić information content (AvgIpc) is 2.73. The second-order valence-electron chi connectivity index (χ2n) is 6.58. The molecule has 0 aromatic heterocycles. The summed E-state index contributed by atoms with van der Waals surface area (Å²) in [6, 6.07) is 23.2. The van der Waals surface area contributed by atoms with Gasteiger partial charge in [0, 0.05) is 5.69 Å². The Morgan fingerprint density at radius 2 is 1.55 bits per heavy atom. The van der Waals surface area contributed by atoms with Gasteiger partial charge in [0.2, 0.25) is 0 Å². The van der Waals surface area contributed by atoms with E-state index in [1.807, 2.05) is 49.4 Å². The molecule has 0 unspecified atom stereocenters. The minimum absolute atomic E-state index is 0.0621. The highest BCUT2D eigenvalue weighted by molar-refractivity contribution is 7.91. The zero-order chi connectivity index (χ0) is 20.7. The van der Waals surface area contributed by atoms with Gasteiger partial charge in [-0.25, -0.2) is 13.2 Å². The van der Waals surface area contributed by atoms with E-state index >= 15 is 0 Å². The summed E-state index contributed by atoms with van der Waals surface area (Å²) in [5, 5.41) is 3.22. The number of rotatable bonds is 8. The largest absolute Gasteiger partial charge is 0.457 e. The van der Waals surface area contributed by atoms with E-state index in [1.54, 1.807) is 36.4 Å². The SMILES string of the molecule is CCCS(=O)(=O)c1ccc(COC(=O)c2ccccc2Nc2ccccc2)cc1. The van der Waals surface area contributed by atoms with E-state index in [9.17, 15) is 13.2 Å². The van der Waals surface area contributed by atoms with Crippen LogP contribution in [0, 0.1) is 0 Å². The Morgan fingerprint density at radius 3 is 2.24 bits per heavy atom. The van der Waals surface area contributed by atoms with Gasteiger partial charge in [0.25, 0.3) is 0 Å². The molecule has 0 amide bonds. The zero-order valence-electron chi connectivity index (χ0n) is 16.2. The van der Waals surface area contributed by atoms with Crippen LogP contribution in [0.1, 0.15) is 29.3 Å². The fourth-order valence-corrected chi connectivity index (χ4v) is 4.18. The van der Waals surface area contributed by atoms with E-state index in [-0.39, 0.29) is 17.3 Å². The van der Waals surface area contributed by atoms with Crippen LogP contribution in [0.15, 0.2) is 83.8 Å². The Kier molecular flexibility index (Phi) is 6.67. The predicted molar refractivity (Wildman–Crippen MR) is 114 cm³/mol. The fourth-order valence-electron chi connectivity index (χ4n) is 2.85. The maximum absolute atomic E-state index is 12.6. The Morgan fingerprint density at radius 1 is 0.897 bits per heavy atom. The van der Waals surface area contributed by atoms with Crippen molar-refractivity contribution in [1.29, 1.82) is 0 Å². The molecule has 0 spiro atoms. The summed E-state index contributed by atoms with van der Waals surface area (Å²) in [5.41, 5.74) is 2.68. The summed E-state index contributed by atoms with van der Waals surface area (Å²) >= 11 is 0. The van der Waals surface area contributed by atoms with Gasteiger partial charge in [0.15, 0.2) is 9.84 Å². The minimum atomic E-state index is -3.25. The maximum Gasteiger partial charge on any atom is 0.340 e. The molecular formula is C23H23NO4S. The van der Waals surface area contributed by atoms with Crippen molar-refractivity contribution in [3.8, 4) is 0 Å². The highest BCUT2D eigenvalue weighted by atomic mass is 32.2. The molecule has 0 saturated heterocycles. The zero-order valence-corrected chi connectivity index (χ0v) is 17.0. The van der Waals surface area contributed by atoms with Gasteiger partial charge in [-0.1, -0.05) is 49.4 Å². The van der Waals surface area contributed by atoms with Crippen LogP contribution in [0.3, 0.4) is 0 Å². The number of esters is 1. The fraction of sp³-hybridized carbons (Fsp3) is 0.174. The number of carbonyl (C=O) groups is 1. The molecule has 3 rings (SSSR count). The third-order valence-corrected chi connectivity index (χ3v) is 6.26. The van der Waals surface area contributed by atoms with Crippen LogP contribution in [0.5, 0.6) is 0 Å². The van der Waals surface area contributed by atoms with Crippen molar-refractivity contribution in [2.45, 2.75) is 24.8 Å². The van der Waals surface area contributed by atoms with Crippen LogP contribution in [0.25, 0.3) is 0 Å². The first-order valence-electron chi connectivity index (χ1n) is 9.39. The number of benzene rings is 3. The predicted octanol–water partition coefficient (Wildman–Crippen LogP) is 4.97. The van der Waals surface area contributed by atoms with Crippen molar-refractivity contribution in [2.24, 2.45) is 0 Å². The van der Waals surface area contributed by atoms with Crippen molar-refractivity contribution in [2.75, 3.05) is 11.1 Å². The molecule has 0 aliphatic carbocycles. The molecule has 0 aliphatic rings. The average molecular weight is 410 g/mol. The quantitative estimate of drug-likeness (QED) is 0.532. The molecule has 0 atom stereocenters. The molecule has 0 saturated carbocycles. The van der Waals surface area contributed by atoms with E-state index in [0.29, 0.717) is 17.7 Å². The standard InChI is InChI=1S/C23H23NO4S/c1-2-16-29(26,27)20-14-12-18(13-15-20)17-28-23(25)21-10-6-7-11-22(21)24-19-8-4-3-5-9-19/h3-15,24H,2,16-17H2,1H3. The molecule has 0 aliphatic heterocycles. The lowest BCUT2D eigenvalue weighted by atomic mass is 10.1. The molecular weight excluding hydrogens is 386 g/mol. The lowest BCUT2D eigenvalue weighted by molar-refractivity contribution is 0.0474. The van der Waals surface area contributed by atoms with Crippen molar-refractivity contribution in [1.82, 2.24) is 0 Å². The Hall–Kier alpha value is -3.12. The summed E-state index contributed by atoms with van der Waals surface area (Å²) in [7, 11) is -3.25. The van der Waals surface area contributed by atoms with Crippen LogP contribution >= 0.6 is 0 Å². The van der Waals surface area contributed by atoms with E-state index < -0.39 is 15.8 Å². The molecule has 6 heteroatoms. The van der Waals surface area contributed by atoms with Gasteiger partial charge < -0.3 is 10.1 Å². The number of sulfone groups is 1. The Bertz CT molecular complexity index is 1060. The first-order valence-corrected chi connectivity index (χ1v) is 11.0. The summed E-state index contributed by atoms with van der Waals surface area (Å²) < 4.78 is 29.6. The van der Waals surface area contributed by atoms with E-state index in [0.717, 1.165) is 11.3 Å². The molecule has 3 aromatic rings. The van der Waals surface area contributed by atoms with Gasteiger partial charge in [0.1, 0.15) is 6.61 Å². The van der Waals surface area contributed by atoms with Crippen LogP contribution < -0.4 is 5.32 Å². The van der Waals surface area contributed by atoms with E-state index in [1.165, 1.54) is 0 Å². The minimum Gasteiger partial charge on any atom is -0.457 e. The van der Waals surface area contributed by atoms with Crippen molar-refractivity contribution in [3.05, 3.63) is 90.0 Å². The highest BCUT2D eigenvalue weighted by Gasteiger charge is 2.15. The summed E-state index contributed by atoms with van der Waals surface area (Å²) in [6.07, 6.45) is 0.568. The van der Waals surface area contributed by atoms with Gasteiger partial charge in [-0.2, -0.15) is 0 Å². The van der Waals surface area contributed by atoms with Crippen molar-refractivity contribution >= 4 is 27.2 Å². The number of hydrogen-bond donors (Lipinski definition) is 1. The lowest BCUT2D eigenvalue weighted by Gasteiger charge is -2.12. The number of nitrogens with one attached hydrogen (secondary N) is 1. The van der Waals surface area contributed by atoms with Gasteiger partial charge in [0.05, 0.1) is 21.9 Å². The van der Waals surface area contributed by atoms with E-state index in [2.05, 4.69) is 5.32 Å². The molecule has 0 fully saturated rings. The Balaban J connectivity index is 1.67. The molecule has 0 radical (unpaired) electrons. The maximum atomic E-state index is 12.6. The number of ether oxygens (including phenoxy) is 1. The van der Waals surface area contributed by atoms with Crippen LogP contribution in [0.2, 0.25) is 0 Å². The molecule has 29 heavy (non-hydrogen) atoms. The highest BCUT2D eigenvalue weighted by Crippen LogP contribution is 2.22. The molecule has 0 heterocycles. The lowest BCUT2D eigenvalue weighted by Crippen LogP contribution is -2.09. The first-order chi connectivity index (χ1) is 14.0.